The van der Waals surface area contributed by atoms with Crippen molar-refractivity contribution in [2.45, 2.75) is 50.3 Å². The van der Waals surface area contributed by atoms with Gasteiger partial charge in [0.25, 0.3) is 0 Å². The van der Waals surface area contributed by atoms with E-state index in [1.807, 2.05) is 6.92 Å². The van der Waals surface area contributed by atoms with E-state index in [1.165, 1.54) is 19.3 Å². The first-order valence-electron chi connectivity index (χ1n) is 6.08. The predicted octanol–water partition coefficient (Wildman–Crippen LogP) is 4.79. The topological polar surface area (TPSA) is 0 Å². The normalized spacial score (nSPS) is 26.4. The zero-order valence-corrected chi connectivity index (χ0v) is 10.4. The van der Waals surface area contributed by atoms with E-state index in [0.29, 0.717) is 5.92 Å². The average molecular weight is 241 g/mol. The van der Waals surface area contributed by atoms with Crippen molar-refractivity contribution in [3.05, 3.63) is 35.1 Å². The molecule has 16 heavy (non-hydrogen) atoms. The van der Waals surface area contributed by atoms with Crippen LogP contribution in [-0.4, -0.2) is 5.38 Å². The lowest BCUT2D eigenvalue weighted by molar-refractivity contribution is 0.583. The quantitative estimate of drug-likeness (QED) is 0.489. The van der Waals surface area contributed by atoms with Crippen molar-refractivity contribution in [3.8, 4) is 0 Å². The molecule has 1 fully saturated rings. The van der Waals surface area contributed by atoms with Crippen LogP contribution in [0.15, 0.2) is 18.2 Å². The number of halogens is 2. The summed E-state index contributed by atoms with van der Waals surface area (Å²) in [7, 11) is 0. The van der Waals surface area contributed by atoms with Crippen molar-refractivity contribution in [3.63, 3.8) is 0 Å². The van der Waals surface area contributed by atoms with E-state index in [2.05, 4.69) is 6.07 Å². The van der Waals surface area contributed by atoms with E-state index < -0.39 is 0 Å². The third-order valence-electron chi connectivity index (χ3n) is 3.42. The molecule has 2 heteroatoms. The Bertz CT molecular complexity index is 342. The first-order valence-corrected chi connectivity index (χ1v) is 6.51. The monoisotopic (exact) mass is 240 g/mol. The first-order chi connectivity index (χ1) is 7.66. The van der Waals surface area contributed by atoms with Crippen molar-refractivity contribution >= 4 is 11.6 Å². The van der Waals surface area contributed by atoms with Crippen LogP contribution in [0, 0.1) is 12.7 Å². The van der Waals surface area contributed by atoms with Crippen LogP contribution in [0.3, 0.4) is 0 Å². The summed E-state index contributed by atoms with van der Waals surface area (Å²) in [6.45, 7) is 1.94. The molecule has 0 saturated heterocycles. The smallest absolute Gasteiger partial charge is 0.123 e. The van der Waals surface area contributed by atoms with Gasteiger partial charge < -0.3 is 0 Å². The van der Waals surface area contributed by atoms with E-state index in [9.17, 15) is 4.39 Å². The van der Waals surface area contributed by atoms with Gasteiger partial charge in [0.05, 0.1) is 0 Å². The molecule has 0 N–H and O–H groups in total. The van der Waals surface area contributed by atoms with Crippen molar-refractivity contribution in [1.82, 2.24) is 0 Å². The van der Waals surface area contributed by atoms with Crippen LogP contribution in [-0.2, 0) is 0 Å². The molecule has 88 valence electrons. The van der Waals surface area contributed by atoms with Gasteiger partial charge in [0.2, 0.25) is 0 Å². The Morgan fingerprint density at radius 3 is 2.62 bits per heavy atom. The molecule has 0 bridgehead atoms. The van der Waals surface area contributed by atoms with Crippen LogP contribution in [0.2, 0.25) is 0 Å². The molecule has 2 rings (SSSR count). The molecular formula is C14H18ClF. The molecule has 2 atom stereocenters. The molecule has 2 unspecified atom stereocenters. The molecule has 0 nitrogen and oxygen atoms in total. The predicted molar refractivity (Wildman–Crippen MR) is 66.6 cm³/mol. The molecule has 0 spiro atoms. The van der Waals surface area contributed by atoms with E-state index in [1.54, 1.807) is 12.1 Å². The zero-order chi connectivity index (χ0) is 11.5. The lowest BCUT2D eigenvalue weighted by Gasteiger charge is -2.20. The van der Waals surface area contributed by atoms with Crippen LogP contribution in [0.1, 0.15) is 49.1 Å². The van der Waals surface area contributed by atoms with Gasteiger partial charge in [-0.2, -0.15) is 0 Å². The summed E-state index contributed by atoms with van der Waals surface area (Å²) in [5.74, 6) is 0.196. The second kappa shape index (κ2) is 5.18. The molecule has 0 amide bonds. The van der Waals surface area contributed by atoms with Gasteiger partial charge in [0.1, 0.15) is 5.82 Å². The van der Waals surface area contributed by atoms with Crippen molar-refractivity contribution in [2.24, 2.45) is 0 Å². The second-order valence-electron chi connectivity index (χ2n) is 4.82. The second-order valence-corrected chi connectivity index (χ2v) is 5.38. The maximum atomic E-state index is 13.4. The van der Waals surface area contributed by atoms with Gasteiger partial charge in [-0.1, -0.05) is 25.3 Å². The highest BCUT2D eigenvalue weighted by molar-refractivity contribution is 6.21. The van der Waals surface area contributed by atoms with Gasteiger partial charge in [-0.15, -0.1) is 11.6 Å². The van der Waals surface area contributed by atoms with Crippen LogP contribution >= 0.6 is 11.6 Å². The summed E-state index contributed by atoms with van der Waals surface area (Å²) >= 11 is 6.40. The van der Waals surface area contributed by atoms with Crippen molar-refractivity contribution in [1.29, 1.82) is 0 Å². The Morgan fingerprint density at radius 1 is 1.12 bits per heavy atom. The molecule has 1 aromatic carbocycles. The lowest BCUT2D eigenvalue weighted by atomic mass is 9.90. The highest BCUT2D eigenvalue weighted by atomic mass is 35.5. The van der Waals surface area contributed by atoms with Crippen LogP contribution < -0.4 is 0 Å². The Kier molecular flexibility index (Phi) is 3.86. The number of hydrogen-bond acceptors (Lipinski definition) is 0. The van der Waals surface area contributed by atoms with E-state index in [-0.39, 0.29) is 11.2 Å². The highest BCUT2D eigenvalue weighted by Gasteiger charge is 2.23. The fraction of sp³-hybridized carbons (Fsp3) is 0.571. The van der Waals surface area contributed by atoms with E-state index in [0.717, 1.165) is 24.0 Å². The largest absolute Gasteiger partial charge is 0.207 e. The number of benzene rings is 1. The maximum absolute atomic E-state index is 13.4. The fourth-order valence-corrected chi connectivity index (χ4v) is 3.04. The summed E-state index contributed by atoms with van der Waals surface area (Å²) < 4.78 is 13.4. The third kappa shape index (κ3) is 2.76. The molecule has 1 aliphatic carbocycles. The molecule has 1 saturated carbocycles. The SMILES string of the molecule is Cc1cc(F)cc(C2CCCCCC2Cl)c1. The Labute approximate surface area is 102 Å². The van der Waals surface area contributed by atoms with Crippen LogP contribution in [0.25, 0.3) is 0 Å². The Balaban J connectivity index is 2.26. The summed E-state index contributed by atoms with van der Waals surface area (Å²) in [5.41, 5.74) is 2.07. The molecule has 0 heterocycles. The minimum atomic E-state index is -0.136. The van der Waals surface area contributed by atoms with E-state index >= 15 is 0 Å². The maximum Gasteiger partial charge on any atom is 0.123 e. The molecule has 0 radical (unpaired) electrons. The van der Waals surface area contributed by atoms with Crippen LogP contribution in [0.4, 0.5) is 4.39 Å². The molecule has 0 aromatic heterocycles. The van der Waals surface area contributed by atoms with Gasteiger partial charge in [-0.05, 0) is 43.0 Å². The van der Waals surface area contributed by atoms with Crippen LogP contribution in [0.5, 0.6) is 0 Å². The van der Waals surface area contributed by atoms with Gasteiger partial charge in [0, 0.05) is 11.3 Å². The summed E-state index contributed by atoms with van der Waals surface area (Å²) in [4.78, 5) is 0. The van der Waals surface area contributed by atoms with Crippen molar-refractivity contribution in [2.75, 3.05) is 0 Å². The minimum Gasteiger partial charge on any atom is -0.207 e. The van der Waals surface area contributed by atoms with Gasteiger partial charge >= 0.3 is 0 Å². The number of rotatable bonds is 1. The molecule has 1 aliphatic rings. The van der Waals surface area contributed by atoms with Gasteiger partial charge in [0.15, 0.2) is 0 Å². The highest BCUT2D eigenvalue weighted by Crippen LogP contribution is 2.35. The molecular weight excluding hydrogens is 223 g/mol. The fourth-order valence-electron chi connectivity index (χ4n) is 2.62. The summed E-state index contributed by atoms with van der Waals surface area (Å²) in [6.07, 6.45) is 5.83. The first kappa shape index (κ1) is 11.9. The number of hydrogen-bond donors (Lipinski definition) is 0. The average Bonchev–Trinajstić information content (AvgIpc) is 2.41. The van der Waals surface area contributed by atoms with Gasteiger partial charge in [-0.25, -0.2) is 4.39 Å². The lowest BCUT2D eigenvalue weighted by Crippen LogP contribution is -2.11. The number of aryl methyl sites for hydroxylation is 1. The van der Waals surface area contributed by atoms with Gasteiger partial charge in [-0.3, -0.25) is 0 Å². The number of alkyl halides is 1. The van der Waals surface area contributed by atoms with Crippen molar-refractivity contribution < 1.29 is 4.39 Å². The minimum absolute atomic E-state index is 0.136. The third-order valence-corrected chi connectivity index (χ3v) is 3.95. The summed E-state index contributed by atoms with van der Waals surface area (Å²) in [5, 5.41) is 0.170. The van der Waals surface area contributed by atoms with E-state index in [4.69, 9.17) is 11.6 Å². The Morgan fingerprint density at radius 2 is 1.88 bits per heavy atom. The standard InChI is InChI=1S/C14H18ClF/c1-10-7-11(9-12(16)8-10)13-5-3-2-4-6-14(13)15/h7-9,13-14H,2-6H2,1H3. The summed E-state index contributed by atoms with van der Waals surface area (Å²) in [6, 6.07) is 5.30. The molecule has 1 aromatic rings. The molecule has 0 aliphatic heterocycles. The zero-order valence-electron chi connectivity index (χ0n) is 9.68. The Hall–Kier alpha value is -0.560.